The second-order valence-electron chi connectivity index (χ2n) is 5.25. The number of rotatable bonds is 5. The maximum atomic E-state index is 11.2. The van der Waals surface area contributed by atoms with E-state index in [4.69, 9.17) is 4.74 Å². The van der Waals surface area contributed by atoms with E-state index in [1.165, 1.54) is 30.6 Å². The summed E-state index contributed by atoms with van der Waals surface area (Å²) >= 11 is 1.34. The molecule has 1 aromatic heterocycles. The van der Waals surface area contributed by atoms with Crippen molar-refractivity contribution in [2.75, 3.05) is 0 Å². The van der Waals surface area contributed by atoms with Crippen LogP contribution in [0.4, 0.5) is 0 Å². The van der Waals surface area contributed by atoms with E-state index in [9.17, 15) is 9.90 Å². The van der Waals surface area contributed by atoms with Crippen LogP contribution in [0.1, 0.15) is 60.5 Å². The van der Waals surface area contributed by atoms with Gasteiger partial charge in [-0.05, 0) is 37.7 Å². The highest BCUT2D eigenvalue weighted by Crippen LogP contribution is 2.34. The van der Waals surface area contributed by atoms with Gasteiger partial charge in [-0.3, -0.25) is 0 Å². The Balaban J connectivity index is 2.09. The van der Waals surface area contributed by atoms with Crippen molar-refractivity contribution in [2.24, 2.45) is 5.92 Å². The highest BCUT2D eigenvalue weighted by molar-refractivity contribution is 7.14. The zero-order valence-corrected chi connectivity index (χ0v) is 12.5. The van der Waals surface area contributed by atoms with E-state index < -0.39 is 5.97 Å². The minimum atomic E-state index is -0.873. The SMILES string of the molecule is CCc1cc(OC2CCCC(CC)C2)c(C(=O)O)s1. The number of thiophene rings is 1. The molecule has 0 spiro atoms. The Morgan fingerprint density at radius 3 is 2.89 bits per heavy atom. The van der Waals surface area contributed by atoms with E-state index in [1.807, 2.05) is 13.0 Å². The van der Waals surface area contributed by atoms with Crippen molar-refractivity contribution in [2.45, 2.75) is 58.5 Å². The van der Waals surface area contributed by atoms with Gasteiger partial charge in [0.05, 0.1) is 6.10 Å². The molecule has 1 N–H and O–H groups in total. The maximum Gasteiger partial charge on any atom is 0.349 e. The zero-order valence-electron chi connectivity index (χ0n) is 11.6. The number of carboxylic acids is 1. The lowest BCUT2D eigenvalue weighted by Gasteiger charge is -2.28. The van der Waals surface area contributed by atoms with Gasteiger partial charge in [0.1, 0.15) is 5.75 Å². The molecule has 1 fully saturated rings. The van der Waals surface area contributed by atoms with Gasteiger partial charge in [-0.2, -0.15) is 0 Å². The lowest BCUT2D eigenvalue weighted by molar-refractivity contribution is 0.0689. The lowest BCUT2D eigenvalue weighted by atomic mass is 9.85. The predicted octanol–water partition coefficient (Wildman–Crippen LogP) is 4.36. The summed E-state index contributed by atoms with van der Waals surface area (Å²) in [6.45, 7) is 4.25. The van der Waals surface area contributed by atoms with Crippen molar-refractivity contribution in [3.8, 4) is 5.75 Å². The van der Waals surface area contributed by atoms with E-state index in [2.05, 4.69) is 6.92 Å². The van der Waals surface area contributed by atoms with Crippen LogP contribution in [0.25, 0.3) is 0 Å². The number of carbonyl (C=O) groups is 1. The number of hydrogen-bond acceptors (Lipinski definition) is 3. The van der Waals surface area contributed by atoms with Gasteiger partial charge in [0.2, 0.25) is 0 Å². The first-order chi connectivity index (χ1) is 9.13. The summed E-state index contributed by atoms with van der Waals surface area (Å²) in [6, 6.07) is 1.91. The molecule has 1 aliphatic rings. The summed E-state index contributed by atoms with van der Waals surface area (Å²) in [7, 11) is 0. The number of carboxylic acid groups (broad SMARTS) is 1. The summed E-state index contributed by atoms with van der Waals surface area (Å²) in [6.07, 6.45) is 6.82. The monoisotopic (exact) mass is 282 g/mol. The number of aromatic carboxylic acids is 1. The summed E-state index contributed by atoms with van der Waals surface area (Å²) in [5, 5.41) is 9.23. The van der Waals surface area contributed by atoms with Crippen molar-refractivity contribution in [3.05, 3.63) is 15.8 Å². The molecule has 3 nitrogen and oxygen atoms in total. The summed E-state index contributed by atoms with van der Waals surface area (Å²) in [4.78, 5) is 12.7. The standard InChI is InChI=1S/C15H22O3S/c1-3-10-6-5-7-11(8-10)18-13-9-12(4-2)19-14(13)15(16)17/h9-11H,3-8H2,1-2H3,(H,16,17). The van der Waals surface area contributed by atoms with Crippen molar-refractivity contribution in [3.63, 3.8) is 0 Å². The zero-order chi connectivity index (χ0) is 13.8. The van der Waals surface area contributed by atoms with Crippen molar-refractivity contribution in [1.82, 2.24) is 0 Å². The molecule has 2 rings (SSSR count). The van der Waals surface area contributed by atoms with Gasteiger partial charge in [0.25, 0.3) is 0 Å². The fourth-order valence-corrected chi connectivity index (χ4v) is 3.60. The summed E-state index contributed by atoms with van der Waals surface area (Å²) in [5.41, 5.74) is 0. The van der Waals surface area contributed by atoms with Crippen molar-refractivity contribution < 1.29 is 14.6 Å². The smallest absolute Gasteiger partial charge is 0.349 e. The van der Waals surface area contributed by atoms with Crippen LogP contribution in [0.2, 0.25) is 0 Å². The minimum Gasteiger partial charge on any atom is -0.489 e. The molecule has 0 saturated heterocycles. The lowest BCUT2D eigenvalue weighted by Crippen LogP contribution is -2.25. The van der Waals surface area contributed by atoms with Crippen LogP contribution >= 0.6 is 11.3 Å². The van der Waals surface area contributed by atoms with Gasteiger partial charge in [0.15, 0.2) is 4.88 Å². The Morgan fingerprint density at radius 2 is 2.26 bits per heavy atom. The number of aryl methyl sites for hydroxylation is 1. The van der Waals surface area contributed by atoms with Gasteiger partial charge in [-0.25, -0.2) is 4.79 Å². The molecule has 106 valence electrons. The van der Waals surface area contributed by atoms with Crippen LogP contribution in [-0.4, -0.2) is 17.2 Å². The molecule has 0 aromatic carbocycles. The Labute approximate surface area is 118 Å². The highest BCUT2D eigenvalue weighted by atomic mass is 32.1. The van der Waals surface area contributed by atoms with E-state index in [-0.39, 0.29) is 6.10 Å². The molecule has 2 atom stereocenters. The molecular weight excluding hydrogens is 260 g/mol. The minimum absolute atomic E-state index is 0.191. The molecule has 1 heterocycles. The second-order valence-corrected chi connectivity index (χ2v) is 6.38. The third-order valence-electron chi connectivity index (χ3n) is 3.90. The molecule has 2 unspecified atom stereocenters. The predicted molar refractivity (Wildman–Crippen MR) is 77.3 cm³/mol. The number of hydrogen-bond donors (Lipinski definition) is 1. The van der Waals surface area contributed by atoms with Crippen LogP contribution in [0.5, 0.6) is 5.75 Å². The Morgan fingerprint density at radius 1 is 1.47 bits per heavy atom. The van der Waals surface area contributed by atoms with Crippen LogP contribution in [0, 0.1) is 5.92 Å². The molecule has 1 saturated carbocycles. The molecule has 0 bridgehead atoms. The van der Waals surface area contributed by atoms with Crippen molar-refractivity contribution >= 4 is 17.3 Å². The van der Waals surface area contributed by atoms with Gasteiger partial charge < -0.3 is 9.84 Å². The van der Waals surface area contributed by atoms with E-state index in [0.29, 0.717) is 10.6 Å². The Kier molecular flexibility index (Phi) is 4.86. The average Bonchev–Trinajstić information content (AvgIpc) is 2.82. The first-order valence-electron chi connectivity index (χ1n) is 7.16. The van der Waals surface area contributed by atoms with E-state index in [0.717, 1.165) is 30.1 Å². The molecule has 1 aliphatic carbocycles. The summed E-state index contributed by atoms with van der Waals surface area (Å²) in [5.74, 6) is 0.440. The first kappa shape index (κ1) is 14.4. The highest BCUT2D eigenvalue weighted by Gasteiger charge is 2.25. The second kappa shape index (κ2) is 6.42. The summed E-state index contributed by atoms with van der Waals surface area (Å²) < 4.78 is 5.99. The molecule has 0 amide bonds. The Bertz CT molecular complexity index is 439. The first-order valence-corrected chi connectivity index (χ1v) is 7.98. The maximum absolute atomic E-state index is 11.2. The molecule has 19 heavy (non-hydrogen) atoms. The third kappa shape index (κ3) is 3.50. The van der Waals surface area contributed by atoms with Crippen LogP contribution in [0.15, 0.2) is 6.07 Å². The Hall–Kier alpha value is -1.03. The molecule has 1 aromatic rings. The van der Waals surface area contributed by atoms with Crippen LogP contribution in [-0.2, 0) is 6.42 Å². The molecule has 4 heteroatoms. The van der Waals surface area contributed by atoms with Crippen molar-refractivity contribution in [1.29, 1.82) is 0 Å². The fourth-order valence-electron chi connectivity index (χ4n) is 2.73. The van der Waals surface area contributed by atoms with Crippen LogP contribution in [0.3, 0.4) is 0 Å². The van der Waals surface area contributed by atoms with Gasteiger partial charge >= 0.3 is 5.97 Å². The van der Waals surface area contributed by atoms with Gasteiger partial charge in [-0.15, -0.1) is 11.3 Å². The average molecular weight is 282 g/mol. The topological polar surface area (TPSA) is 46.5 Å². The molecule has 0 radical (unpaired) electrons. The molecular formula is C15H22O3S. The van der Waals surface area contributed by atoms with E-state index >= 15 is 0 Å². The largest absolute Gasteiger partial charge is 0.489 e. The number of ether oxygens (including phenoxy) is 1. The van der Waals surface area contributed by atoms with Gasteiger partial charge in [-0.1, -0.05) is 26.7 Å². The van der Waals surface area contributed by atoms with Gasteiger partial charge in [0, 0.05) is 4.88 Å². The van der Waals surface area contributed by atoms with E-state index in [1.54, 1.807) is 0 Å². The van der Waals surface area contributed by atoms with Crippen LogP contribution < -0.4 is 4.74 Å². The quantitative estimate of drug-likeness (QED) is 0.873. The third-order valence-corrected chi connectivity index (χ3v) is 5.15. The fraction of sp³-hybridized carbons (Fsp3) is 0.667. The molecule has 0 aliphatic heterocycles. The normalized spacial score (nSPS) is 23.3.